The zero-order valence-corrected chi connectivity index (χ0v) is 16.9. The van der Waals surface area contributed by atoms with Crippen LogP contribution in [0.25, 0.3) is 0 Å². The van der Waals surface area contributed by atoms with Crippen LogP contribution in [0.15, 0.2) is 6.07 Å². The molecule has 0 fully saturated rings. The molecule has 0 saturated heterocycles. The number of hydrogen-bond acceptors (Lipinski definition) is 6. The number of carbonyl (C=O) groups excluding carboxylic acids is 1. The maximum Gasteiger partial charge on any atom is 0.340 e. The number of thiocarbonyl (C=S) groups is 1. The lowest BCUT2D eigenvalue weighted by Crippen LogP contribution is -2.19. The molecule has 2 heterocycles. The smallest absolute Gasteiger partial charge is 0.340 e. The standard InChI is InChI=1S/C17H21N3O2S3/c1-4-10-8-11(15(21)22-3)14(24-10)19-16(23)20-17-18-12-6-5-9(2)7-13(12)25-17/h8-9H,4-7H2,1-3H3,(H2,18,19,20,23)/t9-/m1/s1. The van der Waals surface area contributed by atoms with E-state index in [1.54, 1.807) is 11.3 Å². The number of methoxy groups -OCH3 is 1. The van der Waals surface area contributed by atoms with Crippen molar-refractivity contribution in [3.8, 4) is 0 Å². The first kappa shape index (κ1) is 18.3. The van der Waals surface area contributed by atoms with Gasteiger partial charge in [-0.25, -0.2) is 9.78 Å². The third-order valence-electron chi connectivity index (χ3n) is 4.17. The summed E-state index contributed by atoms with van der Waals surface area (Å²) in [6.45, 7) is 4.33. The molecule has 0 aromatic carbocycles. The molecule has 1 aliphatic rings. The number of nitrogens with one attached hydrogen (secondary N) is 2. The highest BCUT2D eigenvalue weighted by Gasteiger charge is 2.21. The molecule has 0 aliphatic heterocycles. The summed E-state index contributed by atoms with van der Waals surface area (Å²) in [5.41, 5.74) is 1.70. The van der Waals surface area contributed by atoms with E-state index in [2.05, 4.69) is 22.5 Å². The Kier molecular flexibility index (Phi) is 5.71. The molecule has 0 spiro atoms. The van der Waals surface area contributed by atoms with E-state index in [1.807, 2.05) is 13.0 Å². The van der Waals surface area contributed by atoms with Crippen LogP contribution in [-0.2, 0) is 24.0 Å². The van der Waals surface area contributed by atoms with Gasteiger partial charge in [0.1, 0.15) is 5.00 Å². The SMILES string of the molecule is CCc1cc(C(=O)OC)c(NC(=S)Nc2nc3c(s2)C[C@H](C)CC3)s1. The topological polar surface area (TPSA) is 63.2 Å². The summed E-state index contributed by atoms with van der Waals surface area (Å²) < 4.78 is 4.85. The van der Waals surface area contributed by atoms with Gasteiger partial charge in [0.2, 0.25) is 0 Å². The highest BCUT2D eigenvalue weighted by molar-refractivity contribution is 7.80. The summed E-state index contributed by atoms with van der Waals surface area (Å²) in [5, 5.41) is 8.23. The Morgan fingerprint density at radius 3 is 2.96 bits per heavy atom. The van der Waals surface area contributed by atoms with Crippen LogP contribution < -0.4 is 10.6 Å². The van der Waals surface area contributed by atoms with Crippen LogP contribution in [0.2, 0.25) is 0 Å². The largest absolute Gasteiger partial charge is 0.465 e. The van der Waals surface area contributed by atoms with Gasteiger partial charge in [0.25, 0.3) is 0 Å². The van der Waals surface area contributed by atoms with Crippen molar-refractivity contribution in [2.24, 2.45) is 5.92 Å². The van der Waals surface area contributed by atoms with Crippen molar-refractivity contribution in [3.63, 3.8) is 0 Å². The minimum atomic E-state index is -0.361. The number of nitrogens with zero attached hydrogens (tertiary/aromatic N) is 1. The predicted octanol–water partition coefficient (Wildman–Crippen LogP) is 4.49. The van der Waals surface area contributed by atoms with Crippen molar-refractivity contribution in [1.82, 2.24) is 4.98 Å². The van der Waals surface area contributed by atoms with E-state index in [9.17, 15) is 4.79 Å². The van der Waals surface area contributed by atoms with E-state index in [4.69, 9.17) is 17.0 Å². The summed E-state index contributed by atoms with van der Waals surface area (Å²) in [7, 11) is 1.38. The van der Waals surface area contributed by atoms with Crippen LogP contribution in [0.1, 0.15) is 46.1 Å². The predicted molar refractivity (Wildman–Crippen MR) is 108 cm³/mol. The first-order chi connectivity index (χ1) is 12.0. The molecule has 0 saturated carbocycles. The van der Waals surface area contributed by atoms with E-state index in [1.165, 1.54) is 35.4 Å². The Morgan fingerprint density at radius 2 is 2.24 bits per heavy atom. The van der Waals surface area contributed by atoms with E-state index in [0.717, 1.165) is 29.3 Å². The van der Waals surface area contributed by atoms with Gasteiger partial charge in [-0.2, -0.15) is 0 Å². The molecular formula is C17H21N3O2S3. The van der Waals surface area contributed by atoms with Gasteiger partial charge >= 0.3 is 5.97 Å². The number of thiazole rings is 1. The second-order valence-corrected chi connectivity index (χ2v) is 8.75. The number of aromatic nitrogens is 1. The van der Waals surface area contributed by atoms with Crippen LogP contribution in [0.5, 0.6) is 0 Å². The Labute approximate surface area is 160 Å². The van der Waals surface area contributed by atoms with E-state index >= 15 is 0 Å². The third kappa shape index (κ3) is 4.19. The fraction of sp³-hybridized carbons (Fsp3) is 0.471. The molecule has 0 bridgehead atoms. The van der Waals surface area contributed by atoms with Gasteiger partial charge in [0.05, 0.1) is 18.4 Å². The minimum absolute atomic E-state index is 0.361. The normalized spacial score (nSPS) is 16.2. The second-order valence-electron chi connectivity index (χ2n) is 6.12. The molecule has 3 rings (SSSR count). The Balaban J connectivity index is 1.71. The highest BCUT2D eigenvalue weighted by atomic mass is 32.1. The molecule has 1 aliphatic carbocycles. The lowest BCUT2D eigenvalue weighted by atomic mass is 9.93. The molecule has 5 nitrogen and oxygen atoms in total. The zero-order chi connectivity index (χ0) is 18.0. The maximum absolute atomic E-state index is 11.9. The molecule has 1 atom stereocenters. The number of carbonyl (C=O) groups is 1. The number of esters is 1. The summed E-state index contributed by atoms with van der Waals surface area (Å²) >= 11 is 8.59. The number of anilines is 2. The van der Waals surface area contributed by atoms with E-state index < -0.39 is 0 Å². The average Bonchev–Trinajstić information content (AvgIpc) is 3.16. The first-order valence-electron chi connectivity index (χ1n) is 8.27. The molecule has 2 aromatic rings. The molecule has 0 unspecified atom stereocenters. The molecule has 25 heavy (non-hydrogen) atoms. The van der Waals surface area contributed by atoms with Gasteiger partial charge in [-0.05, 0) is 49.9 Å². The lowest BCUT2D eigenvalue weighted by molar-refractivity contribution is 0.0602. The Hall–Kier alpha value is -1.51. The number of ether oxygens (including phenoxy) is 1. The van der Waals surface area contributed by atoms with Crippen LogP contribution in [-0.4, -0.2) is 23.2 Å². The monoisotopic (exact) mass is 395 g/mol. The summed E-state index contributed by atoms with van der Waals surface area (Å²) in [6, 6.07) is 1.85. The quantitative estimate of drug-likeness (QED) is 0.588. The number of hydrogen-bond donors (Lipinski definition) is 2. The third-order valence-corrected chi connectivity index (χ3v) is 6.60. The maximum atomic E-state index is 11.9. The van der Waals surface area contributed by atoms with Crippen molar-refractivity contribution >= 4 is 56.1 Å². The number of aryl methyl sites for hydroxylation is 2. The zero-order valence-electron chi connectivity index (χ0n) is 14.5. The fourth-order valence-corrected chi connectivity index (χ4v) is 5.29. The van der Waals surface area contributed by atoms with Gasteiger partial charge in [-0.15, -0.1) is 22.7 Å². The van der Waals surface area contributed by atoms with E-state index in [-0.39, 0.29) is 5.97 Å². The minimum Gasteiger partial charge on any atom is -0.465 e. The van der Waals surface area contributed by atoms with Gasteiger partial charge < -0.3 is 15.4 Å². The highest BCUT2D eigenvalue weighted by Crippen LogP contribution is 2.33. The molecule has 2 N–H and O–H groups in total. The molecule has 2 aromatic heterocycles. The molecule has 0 amide bonds. The van der Waals surface area contributed by atoms with Gasteiger partial charge in [-0.3, -0.25) is 0 Å². The number of thiophene rings is 1. The van der Waals surface area contributed by atoms with Crippen molar-refractivity contribution in [2.75, 3.05) is 17.7 Å². The molecular weight excluding hydrogens is 374 g/mol. The van der Waals surface area contributed by atoms with Crippen LogP contribution in [0, 0.1) is 5.92 Å². The number of rotatable bonds is 4. The lowest BCUT2D eigenvalue weighted by Gasteiger charge is -2.15. The summed E-state index contributed by atoms with van der Waals surface area (Å²) in [6.07, 6.45) is 4.17. The molecule has 134 valence electrons. The summed E-state index contributed by atoms with van der Waals surface area (Å²) in [5.74, 6) is 0.354. The Bertz CT molecular complexity index is 797. The van der Waals surface area contributed by atoms with Crippen molar-refractivity contribution in [1.29, 1.82) is 0 Å². The van der Waals surface area contributed by atoms with Crippen LogP contribution >= 0.6 is 34.9 Å². The van der Waals surface area contributed by atoms with Gasteiger partial charge in [0.15, 0.2) is 10.2 Å². The van der Waals surface area contributed by atoms with Crippen LogP contribution in [0.4, 0.5) is 10.1 Å². The van der Waals surface area contributed by atoms with E-state index in [0.29, 0.717) is 21.6 Å². The average molecular weight is 396 g/mol. The second kappa shape index (κ2) is 7.80. The van der Waals surface area contributed by atoms with Gasteiger partial charge in [-0.1, -0.05) is 13.8 Å². The van der Waals surface area contributed by atoms with Crippen LogP contribution in [0.3, 0.4) is 0 Å². The molecule has 8 heteroatoms. The van der Waals surface area contributed by atoms with Gasteiger partial charge in [0, 0.05) is 9.75 Å². The first-order valence-corrected chi connectivity index (χ1v) is 10.3. The van der Waals surface area contributed by atoms with Crippen molar-refractivity contribution in [3.05, 3.63) is 27.1 Å². The van der Waals surface area contributed by atoms with Crippen molar-refractivity contribution < 1.29 is 9.53 Å². The van der Waals surface area contributed by atoms with Crippen molar-refractivity contribution in [2.45, 2.75) is 39.5 Å². The Morgan fingerprint density at radius 1 is 1.44 bits per heavy atom. The molecule has 0 radical (unpaired) electrons. The number of fused-ring (bicyclic) bond motifs is 1. The fourth-order valence-electron chi connectivity index (χ4n) is 2.80. The summed E-state index contributed by atoms with van der Waals surface area (Å²) in [4.78, 5) is 19.0.